The standard InChI is InChI=1S/C13H9ClF2N2O/c1-7(19)17-13-5-8(4-12(14)18-13)10-3-2-9(15)6-11(10)16/h2-6H,1H3,(H,17,18,19). The molecular weight excluding hydrogens is 274 g/mol. The van der Waals surface area contributed by atoms with Crippen molar-refractivity contribution >= 4 is 23.3 Å². The summed E-state index contributed by atoms with van der Waals surface area (Å²) in [6.07, 6.45) is 0. The Morgan fingerprint density at radius 1 is 1.26 bits per heavy atom. The van der Waals surface area contributed by atoms with Crippen molar-refractivity contribution in [1.29, 1.82) is 0 Å². The van der Waals surface area contributed by atoms with E-state index in [0.717, 1.165) is 12.1 Å². The van der Waals surface area contributed by atoms with Gasteiger partial charge in [-0.2, -0.15) is 0 Å². The van der Waals surface area contributed by atoms with Crippen LogP contribution < -0.4 is 5.32 Å². The van der Waals surface area contributed by atoms with Crippen LogP contribution in [0.1, 0.15) is 6.92 Å². The Bertz CT molecular complexity index is 647. The summed E-state index contributed by atoms with van der Waals surface area (Å²) in [5, 5.41) is 2.56. The predicted molar refractivity (Wildman–Crippen MR) is 68.9 cm³/mol. The molecule has 0 saturated heterocycles. The average molecular weight is 283 g/mol. The topological polar surface area (TPSA) is 42.0 Å². The Morgan fingerprint density at radius 3 is 2.63 bits per heavy atom. The highest BCUT2D eigenvalue weighted by atomic mass is 35.5. The molecule has 19 heavy (non-hydrogen) atoms. The van der Waals surface area contributed by atoms with Crippen LogP contribution in [0.15, 0.2) is 30.3 Å². The number of amides is 1. The molecule has 0 radical (unpaired) electrons. The third-order valence-electron chi connectivity index (χ3n) is 2.34. The van der Waals surface area contributed by atoms with E-state index in [-0.39, 0.29) is 22.4 Å². The van der Waals surface area contributed by atoms with E-state index in [1.54, 1.807) is 0 Å². The summed E-state index contributed by atoms with van der Waals surface area (Å²) in [5.74, 6) is -1.49. The fraction of sp³-hybridized carbons (Fsp3) is 0.0769. The number of nitrogens with one attached hydrogen (secondary N) is 1. The SMILES string of the molecule is CC(=O)Nc1cc(-c2ccc(F)cc2F)cc(Cl)n1. The van der Waals surface area contributed by atoms with Gasteiger partial charge in [0.05, 0.1) is 0 Å². The van der Waals surface area contributed by atoms with Gasteiger partial charge in [0.2, 0.25) is 5.91 Å². The molecule has 2 aromatic rings. The molecular formula is C13H9ClF2N2O. The van der Waals surface area contributed by atoms with Crippen molar-refractivity contribution in [3.05, 3.63) is 47.1 Å². The lowest BCUT2D eigenvalue weighted by atomic mass is 10.1. The van der Waals surface area contributed by atoms with Crippen molar-refractivity contribution in [2.45, 2.75) is 6.92 Å². The predicted octanol–water partition coefficient (Wildman–Crippen LogP) is 3.64. The van der Waals surface area contributed by atoms with Crippen LogP contribution in [0.25, 0.3) is 11.1 Å². The van der Waals surface area contributed by atoms with Crippen LogP contribution in [-0.4, -0.2) is 10.9 Å². The zero-order valence-electron chi connectivity index (χ0n) is 9.88. The molecule has 98 valence electrons. The quantitative estimate of drug-likeness (QED) is 0.855. The van der Waals surface area contributed by atoms with Crippen molar-refractivity contribution in [1.82, 2.24) is 4.98 Å². The molecule has 0 saturated carbocycles. The first kappa shape index (κ1) is 13.4. The maximum absolute atomic E-state index is 13.7. The molecule has 1 N–H and O–H groups in total. The average Bonchev–Trinajstić information content (AvgIpc) is 2.26. The molecule has 0 atom stereocenters. The minimum Gasteiger partial charge on any atom is -0.311 e. The third-order valence-corrected chi connectivity index (χ3v) is 2.53. The first-order valence-corrected chi connectivity index (χ1v) is 5.74. The lowest BCUT2D eigenvalue weighted by Gasteiger charge is -2.07. The summed E-state index contributed by atoms with van der Waals surface area (Å²) in [7, 11) is 0. The summed E-state index contributed by atoms with van der Waals surface area (Å²) in [4.78, 5) is 14.8. The van der Waals surface area contributed by atoms with Crippen LogP contribution in [0.2, 0.25) is 5.15 Å². The molecule has 1 aromatic carbocycles. The van der Waals surface area contributed by atoms with E-state index in [2.05, 4.69) is 10.3 Å². The summed E-state index contributed by atoms with van der Waals surface area (Å²) in [5.41, 5.74) is 0.582. The zero-order valence-corrected chi connectivity index (χ0v) is 10.6. The minimum atomic E-state index is -0.712. The number of benzene rings is 1. The highest BCUT2D eigenvalue weighted by Gasteiger charge is 2.10. The van der Waals surface area contributed by atoms with Gasteiger partial charge >= 0.3 is 0 Å². The van der Waals surface area contributed by atoms with Gasteiger partial charge in [-0.15, -0.1) is 0 Å². The Balaban J connectivity index is 2.49. The molecule has 0 aliphatic heterocycles. The number of hydrogen-bond donors (Lipinski definition) is 1. The second-order valence-corrected chi connectivity index (χ2v) is 4.26. The van der Waals surface area contributed by atoms with E-state index in [4.69, 9.17) is 11.6 Å². The molecule has 0 spiro atoms. The molecule has 0 aliphatic rings. The highest BCUT2D eigenvalue weighted by Crippen LogP contribution is 2.27. The second-order valence-electron chi connectivity index (χ2n) is 3.87. The van der Waals surface area contributed by atoms with E-state index in [0.29, 0.717) is 5.56 Å². The fourth-order valence-corrected chi connectivity index (χ4v) is 1.83. The molecule has 1 heterocycles. The number of carbonyl (C=O) groups excluding carboxylic acids is 1. The van der Waals surface area contributed by atoms with E-state index >= 15 is 0 Å². The molecule has 2 rings (SSSR count). The van der Waals surface area contributed by atoms with Gasteiger partial charge in [0.1, 0.15) is 22.6 Å². The van der Waals surface area contributed by atoms with Gasteiger partial charge < -0.3 is 5.32 Å². The molecule has 0 unspecified atom stereocenters. The molecule has 1 amide bonds. The van der Waals surface area contributed by atoms with Crippen molar-refractivity contribution < 1.29 is 13.6 Å². The summed E-state index contributed by atoms with van der Waals surface area (Å²) in [6.45, 7) is 1.32. The van der Waals surface area contributed by atoms with Crippen molar-refractivity contribution in [2.24, 2.45) is 0 Å². The number of rotatable bonds is 2. The van der Waals surface area contributed by atoms with Gasteiger partial charge in [-0.25, -0.2) is 13.8 Å². The number of nitrogens with zero attached hydrogens (tertiary/aromatic N) is 1. The molecule has 1 aromatic heterocycles. The van der Waals surface area contributed by atoms with Crippen LogP contribution in [0.5, 0.6) is 0 Å². The largest absolute Gasteiger partial charge is 0.311 e. The summed E-state index contributed by atoms with van der Waals surface area (Å²) in [6, 6.07) is 6.12. The van der Waals surface area contributed by atoms with Crippen molar-refractivity contribution in [3.8, 4) is 11.1 Å². The number of aromatic nitrogens is 1. The maximum atomic E-state index is 13.7. The lowest BCUT2D eigenvalue weighted by molar-refractivity contribution is -0.114. The van der Waals surface area contributed by atoms with Crippen LogP contribution >= 0.6 is 11.6 Å². The Hall–Kier alpha value is -2.01. The van der Waals surface area contributed by atoms with Crippen LogP contribution in [-0.2, 0) is 4.79 Å². The first-order chi connectivity index (χ1) is 8.95. The summed E-state index contributed by atoms with van der Waals surface area (Å²) >= 11 is 5.81. The minimum absolute atomic E-state index is 0.102. The van der Waals surface area contributed by atoms with Gasteiger partial charge in [0.25, 0.3) is 0 Å². The van der Waals surface area contributed by atoms with Gasteiger partial charge in [-0.3, -0.25) is 4.79 Å². The smallest absolute Gasteiger partial charge is 0.222 e. The maximum Gasteiger partial charge on any atom is 0.222 e. The molecule has 3 nitrogen and oxygen atoms in total. The molecule has 0 aliphatic carbocycles. The van der Waals surface area contributed by atoms with Crippen LogP contribution in [0.4, 0.5) is 14.6 Å². The molecule has 6 heteroatoms. The van der Waals surface area contributed by atoms with E-state index in [1.807, 2.05) is 0 Å². The zero-order chi connectivity index (χ0) is 14.0. The number of hydrogen-bond acceptors (Lipinski definition) is 2. The van der Waals surface area contributed by atoms with Gasteiger partial charge in [0.15, 0.2) is 0 Å². The number of pyridine rings is 1. The summed E-state index contributed by atoms with van der Waals surface area (Å²) < 4.78 is 26.5. The normalized spacial score (nSPS) is 10.3. The monoisotopic (exact) mass is 282 g/mol. The van der Waals surface area contributed by atoms with Crippen molar-refractivity contribution in [3.63, 3.8) is 0 Å². The Labute approximate surface area is 113 Å². The van der Waals surface area contributed by atoms with Crippen LogP contribution in [0, 0.1) is 11.6 Å². The van der Waals surface area contributed by atoms with E-state index in [1.165, 1.54) is 25.1 Å². The second kappa shape index (κ2) is 5.32. The molecule has 0 bridgehead atoms. The first-order valence-electron chi connectivity index (χ1n) is 5.36. The molecule has 0 fully saturated rings. The van der Waals surface area contributed by atoms with E-state index < -0.39 is 11.6 Å². The van der Waals surface area contributed by atoms with Gasteiger partial charge in [-0.05, 0) is 29.8 Å². The lowest BCUT2D eigenvalue weighted by Crippen LogP contribution is -2.07. The fourth-order valence-electron chi connectivity index (χ4n) is 1.62. The number of halogens is 3. The van der Waals surface area contributed by atoms with Gasteiger partial charge in [0, 0.05) is 18.6 Å². The number of anilines is 1. The van der Waals surface area contributed by atoms with E-state index in [9.17, 15) is 13.6 Å². The Morgan fingerprint density at radius 2 is 2.00 bits per heavy atom. The van der Waals surface area contributed by atoms with Crippen molar-refractivity contribution in [2.75, 3.05) is 5.32 Å². The van der Waals surface area contributed by atoms with Gasteiger partial charge in [-0.1, -0.05) is 11.6 Å². The Kier molecular flexibility index (Phi) is 3.76. The third kappa shape index (κ3) is 3.26. The van der Waals surface area contributed by atoms with Crippen LogP contribution in [0.3, 0.4) is 0 Å². The highest BCUT2D eigenvalue weighted by molar-refractivity contribution is 6.29. The number of carbonyl (C=O) groups is 1.